The monoisotopic (exact) mass is 286 g/mol. The van der Waals surface area contributed by atoms with Gasteiger partial charge in [-0.1, -0.05) is 6.07 Å². The van der Waals surface area contributed by atoms with Gasteiger partial charge in [0.05, 0.1) is 28.1 Å². The Morgan fingerprint density at radius 1 is 1.53 bits per heavy atom. The van der Waals surface area contributed by atoms with Gasteiger partial charge in [-0.05, 0) is 31.3 Å². The zero-order valence-corrected chi connectivity index (χ0v) is 11.8. The molecule has 4 nitrogen and oxygen atoms in total. The van der Waals surface area contributed by atoms with E-state index in [1.54, 1.807) is 17.4 Å². The molecule has 3 aromatic rings. The lowest BCUT2D eigenvalue weighted by molar-refractivity contribution is 0.821. The maximum Gasteiger partial charge on any atom is 0.178 e. The van der Waals surface area contributed by atoms with Gasteiger partial charge in [0.25, 0.3) is 0 Å². The maximum atomic E-state index is 9.11. The largest absolute Gasteiger partial charge is 0.329 e. The van der Waals surface area contributed by atoms with Crippen LogP contribution in [0.4, 0.5) is 0 Å². The topological polar surface area (TPSA) is 57.4 Å². The molecule has 0 radical (unpaired) electrons. The Labute approximate surface area is 119 Å². The van der Waals surface area contributed by atoms with E-state index in [-0.39, 0.29) is 0 Å². The van der Waals surface area contributed by atoms with E-state index in [9.17, 15) is 0 Å². The van der Waals surface area contributed by atoms with Crippen LogP contribution in [0.1, 0.15) is 15.4 Å². The quantitative estimate of drug-likeness (QED) is 0.735. The van der Waals surface area contributed by atoms with Crippen molar-refractivity contribution in [2.75, 3.05) is 0 Å². The number of benzene rings is 1. The third kappa shape index (κ3) is 2.07. The number of hydrogen-bond donors (Lipinski definition) is 1. The minimum absolute atomic E-state index is 0.614. The lowest BCUT2D eigenvalue weighted by Gasteiger charge is -2.01. The number of fused-ring (bicyclic) bond motifs is 1. The second-order valence-electron chi connectivity index (χ2n) is 4.17. The van der Waals surface area contributed by atoms with E-state index in [4.69, 9.17) is 17.5 Å². The number of H-pyrrole nitrogens is 1. The number of thiazole rings is 1. The summed E-state index contributed by atoms with van der Waals surface area (Å²) in [6, 6.07) is 7.81. The van der Waals surface area contributed by atoms with Crippen LogP contribution in [0.5, 0.6) is 0 Å². The molecule has 2 aromatic heterocycles. The molecule has 1 aromatic carbocycles. The average molecular weight is 286 g/mol. The van der Waals surface area contributed by atoms with E-state index in [1.165, 1.54) is 0 Å². The van der Waals surface area contributed by atoms with Crippen LogP contribution in [-0.2, 0) is 6.54 Å². The molecule has 1 N–H and O–H groups in total. The van der Waals surface area contributed by atoms with E-state index in [0.717, 1.165) is 20.9 Å². The molecule has 0 fully saturated rings. The number of imidazole rings is 1. The van der Waals surface area contributed by atoms with Crippen molar-refractivity contribution in [1.82, 2.24) is 14.5 Å². The number of nitriles is 1. The fraction of sp³-hybridized carbons (Fsp3) is 0.154. The molecule has 19 heavy (non-hydrogen) atoms. The predicted octanol–water partition coefficient (Wildman–Crippen LogP) is 3.38. The lowest BCUT2D eigenvalue weighted by atomic mass is 10.2. The van der Waals surface area contributed by atoms with Crippen LogP contribution in [0.25, 0.3) is 11.0 Å². The normalized spacial score (nSPS) is 10.7. The Morgan fingerprint density at radius 2 is 2.37 bits per heavy atom. The molecule has 3 rings (SSSR count). The maximum absolute atomic E-state index is 9.11. The smallest absolute Gasteiger partial charge is 0.178 e. The number of para-hydroxylation sites is 1. The van der Waals surface area contributed by atoms with E-state index in [2.05, 4.69) is 16.0 Å². The molecular formula is C13H10N4S2. The summed E-state index contributed by atoms with van der Waals surface area (Å²) in [5, 5.41) is 10.1. The molecule has 0 aliphatic carbocycles. The Bertz CT molecular complexity index is 848. The van der Waals surface area contributed by atoms with Crippen molar-refractivity contribution in [2.24, 2.45) is 0 Å². The molecule has 0 aliphatic heterocycles. The summed E-state index contributed by atoms with van der Waals surface area (Å²) >= 11 is 7.00. The molecule has 2 heterocycles. The number of rotatable bonds is 2. The van der Waals surface area contributed by atoms with E-state index < -0.39 is 0 Å². The van der Waals surface area contributed by atoms with Gasteiger partial charge in [0.1, 0.15) is 6.07 Å². The number of aromatic amines is 1. The molecule has 94 valence electrons. The number of aryl methyl sites for hydroxylation is 1. The van der Waals surface area contributed by atoms with Gasteiger partial charge < -0.3 is 9.55 Å². The molecular weight excluding hydrogens is 276 g/mol. The van der Waals surface area contributed by atoms with Crippen LogP contribution in [0.2, 0.25) is 0 Å². The highest BCUT2D eigenvalue weighted by Crippen LogP contribution is 2.21. The van der Waals surface area contributed by atoms with Crippen LogP contribution >= 0.6 is 23.6 Å². The van der Waals surface area contributed by atoms with Gasteiger partial charge in [0.15, 0.2) is 4.77 Å². The first kappa shape index (κ1) is 12.1. The highest BCUT2D eigenvalue weighted by Gasteiger charge is 2.09. The summed E-state index contributed by atoms with van der Waals surface area (Å²) in [6.45, 7) is 2.66. The zero-order chi connectivity index (χ0) is 13.4. The van der Waals surface area contributed by atoms with Gasteiger partial charge in [-0.3, -0.25) is 0 Å². The third-order valence-corrected chi connectivity index (χ3v) is 4.13. The standard InChI is InChI=1S/C13H10N4S2/c1-8-15-6-10(19-8)7-17-11-4-2-3-9(5-14)12(11)16-13(17)18/h2-4,6H,7H2,1H3,(H,16,18). The SMILES string of the molecule is Cc1ncc(Cn2c(=S)[nH]c3c(C#N)cccc32)s1. The predicted molar refractivity (Wildman–Crippen MR) is 77.8 cm³/mol. The Hall–Kier alpha value is -1.97. The van der Waals surface area contributed by atoms with Crippen LogP contribution in [-0.4, -0.2) is 14.5 Å². The van der Waals surface area contributed by atoms with Gasteiger partial charge in [-0.25, -0.2) is 4.98 Å². The Kier molecular flexibility index (Phi) is 2.93. The van der Waals surface area contributed by atoms with Crippen molar-refractivity contribution in [3.8, 4) is 6.07 Å². The summed E-state index contributed by atoms with van der Waals surface area (Å²) in [7, 11) is 0. The number of nitrogens with zero attached hydrogens (tertiary/aromatic N) is 3. The van der Waals surface area contributed by atoms with E-state index in [1.807, 2.05) is 29.8 Å². The first-order chi connectivity index (χ1) is 9.19. The molecule has 0 bridgehead atoms. The Balaban J connectivity index is 2.17. The lowest BCUT2D eigenvalue weighted by Crippen LogP contribution is -1.97. The molecule has 0 amide bonds. The number of hydrogen-bond acceptors (Lipinski definition) is 4. The molecule has 0 aliphatic rings. The summed E-state index contributed by atoms with van der Waals surface area (Å²) in [6.07, 6.45) is 1.87. The minimum Gasteiger partial charge on any atom is -0.329 e. The minimum atomic E-state index is 0.614. The first-order valence-electron chi connectivity index (χ1n) is 5.72. The van der Waals surface area contributed by atoms with Crippen molar-refractivity contribution in [3.05, 3.63) is 44.6 Å². The van der Waals surface area contributed by atoms with Gasteiger partial charge in [0.2, 0.25) is 0 Å². The van der Waals surface area contributed by atoms with Crippen molar-refractivity contribution in [2.45, 2.75) is 13.5 Å². The van der Waals surface area contributed by atoms with E-state index >= 15 is 0 Å². The van der Waals surface area contributed by atoms with Crippen molar-refractivity contribution < 1.29 is 0 Å². The van der Waals surface area contributed by atoms with Crippen molar-refractivity contribution >= 4 is 34.6 Å². The molecule has 0 saturated carbocycles. The summed E-state index contributed by atoms with van der Waals surface area (Å²) in [5.74, 6) is 0. The fourth-order valence-corrected chi connectivity index (χ4v) is 3.11. The van der Waals surface area contributed by atoms with Gasteiger partial charge >= 0.3 is 0 Å². The summed E-state index contributed by atoms with van der Waals surface area (Å²) < 4.78 is 2.63. The van der Waals surface area contributed by atoms with Crippen LogP contribution < -0.4 is 0 Å². The summed E-state index contributed by atoms with van der Waals surface area (Å²) in [4.78, 5) is 8.51. The van der Waals surface area contributed by atoms with Gasteiger partial charge in [-0.2, -0.15) is 5.26 Å². The molecule has 0 atom stereocenters. The fourth-order valence-electron chi connectivity index (χ4n) is 2.06. The second-order valence-corrected chi connectivity index (χ2v) is 5.88. The first-order valence-corrected chi connectivity index (χ1v) is 6.94. The van der Waals surface area contributed by atoms with Crippen molar-refractivity contribution in [1.29, 1.82) is 5.26 Å². The molecule has 0 unspecified atom stereocenters. The average Bonchev–Trinajstić information content (AvgIpc) is 2.94. The molecule has 0 saturated heterocycles. The van der Waals surface area contributed by atoms with E-state index in [0.29, 0.717) is 16.9 Å². The van der Waals surface area contributed by atoms with Gasteiger partial charge in [-0.15, -0.1) is 11.3 Å². The van der Waals surface area contributed by atoms with Gasteiger partial charge in [0, 0.05) is 11.1 Å². The highest BCUT2D eigenvalue weighted by molar-refractivity contribution is 7.71. The van der Waals surface area contributed by atoms with Crippen LogP contribution in [0.15, 0.2) is 24.4 Å². The van der Waals surface area contributed by atoms with Crippen LogP contribution in [0.3, 0.4) is 0 Å². The number of nitrogens with one attached hydrogen (secondary N) is 1. The zero-order valence-electron chi connectivity index (χ0n) is 10.2. The highest BCUT2D eigenvalue weighted by atomic mass is 32.1. The summed E-state index contributed by atoms with van der Waals surface area (Å²) in [5.41, 5.74) is 2.37. The van der Waals surface area contributed by atoms with Crippen LogP contribution in [0, 0.1) is 23.0 Å². The third-order valence-electron chi connectivity index (χ3n) is 2.91. The number of aromatic nitrogens is 3. The Morgan fingerprint density at radius 3 is 3.05 bits per heavy atom. The second kappa shape index (κ2) is 4.61. The van der Waals surface area contributed by atoms with Crippen molar-refractivity contribution in [3.63, 3.8) is 0 Å². The molecule has 0 spiro atoms. The molecule has 6 heteroatoms.